The molecule has 4 heteroatoms. The fraction of sp³-hybridized carbons (Fsp3) is 0.615. The van der Waals surface area contributed by atoms with Crippen molar-refractivity contribution >= 4 is 5.91 Å². The maximum absolute atomic E-state index is 11.5. The zero-order chi connectivity index (χ0) is 13.0. The molecule has 0 aliphatic rings. The average Bonchev–Trinajstić information content (AvgIpc) is 2.53. The van der Waals surface area contributed by atoms with Crippen LogP contribution in [0.1, 0.15) is 43.9 Å². The van der Waals surface area contributed by atoms with E-state index in [0.717, 1.165) is 17.1 Å². The van der Waals surface area contributed by atoms with Gasteiger partial charge in [-0.15, -0.1) is 0 Å². The van der Waals surface area contributed by atoms with Gasteiger partial charge in [-0.1, -0.05) is 0 Å². The summed E-state index contributed by atoms with van der Waals surface area (Å²) in [5.41, 5.74) is 1.11. The predicted octanol–water partition coefficient (Wildman–Crippen LogP) is 2.07. The molecule has 96 valence electrons. The molecule has 1 aromatic heterocycles. The van der Waals surface area contributed by atoms with Gasteiger partial charge in [0.1, 0.15) is 11.5 Å². The second-order valence-corrected chi connectivity index (χ2v) is 4.69. The number of amides is 1. The number of aryl methyl sites for hydroxylation is 2. The monoisotopic (exact) mass is 238 g/mol. The lowest BCUT2D eigenvalue weighted by Gasteiger charge is -2.14. The van der Waals surface area contributed by atoms with Crippen LogP contribution in [0.25, 0.3) is 0 Å². The van der Waals surface area contributed by atoms with Gasteiger partial charge in [0.15, 0.2) is 0 Å². The second-order valence-electron chi connectivity index (χ2n) is 4.69. The van der Waals surface area contributed by atoms with Gasteiger partial charge in [0.05, 0.1) is 6.54 Å². The summed E-state index contributed by atoms with van der Waals surface area (Å²) in [6.45, 7) is 10.1. The van der Waals surface area contributed by atoms with Crippen molar-refractivity contribution in [2.75, 3.05) is 6.54 Å². The van der Waals surface area contributed by atoms with E-state index in [1.54, 1.807) is 0 Å². The van der Waals surface area contributed by atoms with E-state index >= 15 is 0 Å². The highest BCUT2D eigenvalue weighted by Gasteiger charge is 2.13. The third-order valence-electron chi connectivity index (χ3n) is 2.56. The quantitative estimate of drug-likeness (QED) is 0.825. The van der Waals surface area contributed by atoms with Gasteiger partial charge in [0, 0.05) is 17.6 Å². The Balaban J connectivity index is 2.47. The summed E-state index contributed by atoms with van der Waals surface area (Å²) in [7, 11) is 0. The van der Waals surface area contributed by atoms with Crippen LogP contribution in [0, 0.1) is 13.8 Å². The van der Waals surface area contributed by atoms with Crippen molar-refractivity contribution in [1.29, 1.82) is 0 Å². The van der Waals surface area contributed by atoms with Crippen LogP contribution in [-0.2, 0) is 4.79 Å². The summed E-state index contributed by atoms with van der Waals surface area (Å²) in [4.78, 5) is 11.5. The van der Waals surface area contributed by atoms with Crippen molar-refractivity contribution in [2.45, 2.75) is 46.7 Å². The van der Waals surface area contributed by atoms with Crippen molar-refractivity contribution in [2.24, 2.45) is 0 Å². The van der Waals surface area contributed by atoms with Gasteiger partial charge in [-0.3, -0.25) is 4.79 Å². The first kappa shape index (κ1) is 13.8. The Kier molecular flexibility index (Phi) is 4.75. The number of rotatable bonds is 5. The van der Waals surface area contributed by atoms with Crippen molar-refractivity contribution in [1.82, 2.24) is 10.6 Å². The molecule has 0 fully saturated rings. The lowest BCUT2D eigenvalue weighted by Crippen LogP contribution is -2.38. The van der Waals surface area contributed by atoms with E-state index in [4.69, 9.17) is 4.42 Å². The van der Waals surface area contributed by atoms with Crippen LogP contribution in [0.15, 0.2) is 10.5 Å². The molecule has 0 saturated carbocycles. The minimum absolute atomic E-state index is 0.0183. The average molecular weight is 238 g/mol. The summed E-state index contributed by atoms with van der Waals surface area (Å²) in [6, 6.07) is 2.30. The van der Waals surface area contributed by atoms with Crippen LogP contribution in [0.4, 0.5) is 0 Å². The highest BCUT2D eigenvalue weighted by Crippen LogP contribution is 2.20. The smallest absolute Gasteiger partial charge is 0.234 e. The molecule has 2 N–H and O–H groups in total. The molecule has 1 aromatic rings. The fourth-order valence-electron chi connectivity index (χ4n) is 1.81. The van der Waals surface area contributed by atoms with Gasteiger partial charge in [-0.25, -0.2) is 0 Å². The van der Waals surface area contributed by atoms with E-state index < -0.39 is 0 Å². The van der Waals surface area contributed by atoms with E-state index in [0.29, 0.717) is 6.54 Å². The minimum Gasteiger partial charge on any atom is -0.466 e. The molecule has 0 aromatic carbocycles. The van der Waals surface area contributed by atoms with E-state index in [-0.39, 0.29) is 18.0 Å². The third kappa shape index (κ3) is 4.23. The van der Waals surface area contributed by atoms with Crippen LogP contribution >= 0.6 is 0 Å². The molecule has 1 atom stereocenters. The zero-order valence-corrected chi connectivity index (χ0v) is 11.3. The zero-order valence-electron chi connectivity index (χ0n) is 11.3. The molecule has 4 nitrogen and oxygen atoms in total. The van der Waals surface area contributed by atoms with Gasteiger partial charge >= 0.3 is 0 Å². The predicted molar refractivity (Wildman–Crippen MR) is 67.9 cm³/mol. The largest absolute Gasteiger partial charge is 0.466 e. The standard InChI is InChI=1S/C13H22N2O2/c1-8(2)15-13(16)7-14-10(4)12-6-9(3)17-11(12)5/h6,8,10,14H,7H2,1-5H3,(H,15,16)/t10-/m1/s1. The summed E-state index contributed by atoms with van der Waals surface area (Å²) in [5, 5.41) is 6.03. The van der Waals surface area contributed by atoms with Crippen LogP contribution < -0.4 is 10.6 Å². The van der Waals surface area contributed by atoms with Gasteiger partial charge in [0.25, 0.3) is 0 Å². The van der Waals surface area contributed by atoms with E-state index in [9.17, 15) is 4.79 Å². The SMILES string of the molecule is Cc1cc([C@@H](C)NCC(=O)NC(C)C)c(C)o1. The molecular weight excluding hydrogens is 216 g/mol. The number of hydrogen-bond donors (Lipinski definition) is 2. The maximum Gasteiger partial charge on any atom is 0.234 e. The molecule has 1 rings (SSSR count). The molecule has 0 bridgehead atoms. The van der Waals surface area contributed by atoms with Gasteiger partial charge < -0.3 is 15.1 Å². The third-order valence-corrected chi connectivity index (χ3v) is 2.56. The first-order valence-electron chi connectivity index (χ1n) is 5.99. The second kappa shape index (κ2) is 5.87. The summed E-state index contributed by atoms with van der Waals surface area (Å²) in [5.74, 6) is 1.83. The van der Waals surface area contributed by atoms with Gasteiger partial charge in [-0.2, -0.15) is 0 Å². The fourth-order valence-corrected chi connectivity index (χ4v) is 1.81. The topological polar surface area (TPSA) is 54.3 Å². The van der Waals surface area contributed by atoms with Crippen LogP contribution in [0.5, 0.6) is 0 Å². The Labute approximate surface area is 103 Å². The normalized spacial score (nSPS) is 12.8. The van der Waals surface area contributed by atoms with Crippen LogP contribution in [0.2, 0.25) is 0 Å². The molecule has 0 saturated heterocycles. The number of carbonyl (C=O) groups excluding carboxylic acids is 1. The summed E-state index contributed by atoms with van der Waals surface area (Å²) in [6.07, 6.45) is 0. The maximum atomic E-state index is 11.5. The molecule has 0 aliphatic carbocycles. The van der Waals surface area contributed by atoms with E-state index in [2.05, 4.69) is 10.6 Å². The molecule has 0 radical (unpaired) electrons. The van der Waals surface area contributed by atoms with E-state index in [1.165, 1.54) is 0 Å². The molecule has 17 heavy (non-hydrogen) atoms. The molecular formula is C13H22N2O2. The van der Waals surface area contributed by atoms with Crippen molar-refractivity contribution in [3.63, 3.8) is 0 Å². The Hall–Kier alpha value is -1.29. The number of carbonyl (C=O) groups is 1. The Morgan fingerprint density at radius 3 is 2.47 bits per heavy atom. The lowest BCUT2D eigenvalue weighted by atomic mass is 10.1. The molecule has 1 amide bonds. The summed E-state index contributed by atoms with van der Waals surface area (Å²) >= 11 is 0. The Morgan fingerprint density at radius 2 is 2.00 bits per heavy atom. The number of hydrogen-bond acceptors (Lipinski definition) is 3. The first-order valence-corrected chi connectivity index (χ1v) is 5.99. The molecule has 0 unspecified atom stereocenters. The minimum atomic E-state index is 0.0183. The summed E-state index contributed by atoms with van der Waals surface area (Å²) < 4.78 is 5.47. The molecule has 0 aliphatic heterocycles. The first-order chi connectivity index (χ1) is 7.90. The van der Waals surface area contributed by atoms with Crippen molar-refractivity contribution < 1.29 is 9.21 Å². The van der Waals surface area contributed by atoms with Crippen molar-refractivity contribution in [3.05, 3.63) is 23.2 Å². The highest BCUT2D eigenvalue weighted by molar-refractivity contribution is 5.78. The van der Waals surface area contributed by atoms with Gasteiger partial charge in [0.2, 0.25) is 5.91 Å². The van der Waals surface area contributed by atoms with Crippen LogP contribution in [-0.4, -0.2) is 18.5 Å². The Morgan fingerprint density at radius 1 is 1.35 bits per heavy atom. The van der Waals surface area contributed by atoms with Gasteiger partial charge in [-0.05, 0) is 40.7 Å². The van der Waals surface area contributed by atoms with Crippen molar-refractivity contribution in [3.8, 4) is 0 Å². The number of furan rings is 1. The molecule has 0 spiro atoms. The van der Waals surface area contributed by atoms with E-state index in [1.807, 2.05) is 40.7 Å². The Bertz CT molecular complexity index is 383. The lowest BCUT2D eigenvalue weighted by molar-refractivity contribution is -0.120. The number of nitrogens with one attached hydrogen (secondary N) is 2. The van der Waals surface area contributed by atoms with Crippen LogP contribution in [0.3, 0.4) is 0 Å². The molecule has 1 heterocycles. The highest BCUT2D eigenvalue weighted by atomic mass is 16.3.